The number of thiocarbonyl (C=S) groups is 1. The number of carbonyl (C=O) groups excluding carboxylic acids is 1. The van der Waals surface area contributed by atoms with E-state index in [-0.39, 0.29) is 17.5 Å². The number of nitrogens with zero attached hydrogens (tertiary/aromatic N) is 2. The fourth-order valence-corrected chi connectivity index (χ4v) is 1.47. The molecule has 17 heavy (non-hydrogen) atoms. The highest BCUT2D eigenvalue weighted by molar-refractivity contribution is 7.80. The average molecular weight is 253 g/mol. The standard InChI is InChI=1S/C11H15N3O2S/c1-2-14(5-6-15)11(16)9-4-3-8(7-13-9)10(12)17/h3-4,7,15H,2,5-6H2,1H3,(H2,12,17). The zero-order valence-electron chi connectivity index (χ0n) is 9.59. The molecule has 1 amide bonds. The van der Waals surface area contributed by atoms with Crippen molar-refractivity contribution < 1.29 is 9.90 Å². The predicted octanol–water partition coefficient (Wildman–Crippen LogP) is 0.170. The molecule has 3 N–H and O–H groups in total. The first-order valence-electron chi connectivity index (χ1n) is 5.26. The van der Waals surface area contributed by atoms with Crippen molar-refractivity contribution in [1.82, 2.24) is 9.88 Å². The molecular weight excluding hydrogens is 238 g/mol. The highest BCUT2D eigenvalue weighted by atomic mass is 32.1. The highest BCUT2D eigenvalue weighted by Gasteiger charge is 2.14. The van der Waals surface area contributed by atoms with Gasteiger partial charge in [-0.15, -0.1) is 0 Å². The van der Waals surface area contributed by atoms with Crippen molar-refractivity contribution in [2.24, 2.45) is 5.73 Å². The van der Waals surface area contributed by atoms with Gasteiger partial charge in [0.2, 0.25) is 0 Å². The molecule has 0 saturated carbocycles. The zero-order valence-corrected chi connectivity index (χ0v) is 10.4. The van der Waals surface area contributed by atoms with Gasteiger partial charge in [0.05, 0.1) is 6.61 Å². The average Bonchev–Trinajstić information content (AvgIpc) is 2.35. The number of aliphatic hydroxyl groups is 1. The number of pyridine rings is 1. The van der Waals surface area contributed by atoms with Crippen LogP contribution in [0.5, 0.6) is 0 Å². The summed E-state index contributed by atoms with van der Waals surface area (Å²) < 4.78 is 0. The molecule has 0 fully saturated rings. The molecule has 0 saturated heterocycles. The zero-order chi connectivity index (χ0) is 12.8. The molecule has 0 radical (unpaired) electrons. The molecule has 0 spiro atoms. The fraction of sp³-hybridized carbons (Fsp3) is 0.364. The van der Waals surface area contributed by atoms with Crippen LogP contribution in [0.2, 0.25) is 0 Å². The Morgan fingerprint density at radius 3 is 2.71 bits per heavy atom. The van der Waals surface area contributed by atoms with E-state index >= 15 is 0 Å². The molecule has 0 unspecified atom stereocenters. The van der Waals surface area contributed by atoms with Crippen LogP contribution < -0.4 is 5.73 Å². The number of rotatable bonds is 5. The van der Waals surface area contributed by atoms with Crippen LogP contribution in [-0.2, 0) is 0 Å². The van der Waals surface area contributed by atoms with Crippen molar-refractivity contribution in [2.75, 3.05) is 19.7 Å². The normalized spacial score (nSPS) is 10.0. The van der Waals surface area contributed by atoms with Gasteiger partial charge in [0.15, 0.2) is 0 Å². The van der Waals surface area contributed by atoms with Gasteiger partial charge < -0.3 is 15.7 Å². The van der Waals surface area contributed by atoms with E-state index < -0.39 is 0 Å². The van der Waals surface area contributed by atoms with Crippen molar-refractivity contribution in [2.45, 2.75) is 6.92 Å². The van der Waals surface area contributed by atoms with Crippen molar-refractivity contribution >= 4 is 23.1 Å². The van der Waals surface area contributed by atoms with Gasteiger partial charge in [0, 0.05) is 24.8 Å². The Morgan fingerprint density at radius 1 is 1.59 bits per heavy atom. The summed E-state index contributed by atoms with van der Waals surface area (Å²) in [6.45, 7) is 2.60. The molecule has 0 aromatic carbocycles. The lowest BCUT2D eigenvalue weighted by molar-refractivity contribution is 0.0726. The lowest BCUT2D eigenvalue weighted by Gasteiger charge is -2.18. The second-order valence-electron chi connectivity index (χ2n) is 3.40. The van der Waals surface area contributed by atoms with Crippen LogP contribution >= 0.6 is 12.2 Å². The third-order valence-corrected chi connectivity index (χ3v) is 2.54. The first-order chi connectivity index (χ1) is 8.10. The SMILES string of the molecule is CCN(CCO)C(=O)c1ccc(C(N)=S)cn1. The minimum Gasteiger partial charge on any atom is -0.395 e. The predicted molar refractivity (Wildman–Crippen MR) is 68.8 cm³/mol. The van der Waals surface area contributed by atoms with Gasteiger partial charge in [-0.3, -0.25) is 9.78 Å². The van der Waals surface area contributed by atoms with Gasteiger partial charge in [0.1, 0.15) is 10.7 Å². The molecule has 1 rings (SSSR count). The van der Waals surface area contributed by atoms with Gasteiger partial charge in [-0.1, -0.05) is 12.2 Å². The third kappa shape index (κ3) is 3.47. The van der Waals surface area contributed by atoms with Crippen LogP contribution in [0.1, 0.15) is 23.0 Å². The fourth-order valence-electron chi connectivity index (χ4n) is 1.35. The molecule has 0 aliphatic carbocycles. The molecule has 6 heteroatoms. The maximum atomic E-state index is 11.9. The molecule has 1 heterocycles. The number of carbonyl (C=O) groups is 1. The van der Waals surface area contributed by atoms with E-state index in [1.54, 1.807) is 12.1 Å². The molecule has 0 aliphatic heterocycles. The Hall–Kier alpha value is -1.53. The minimum atomic E-state index is -0.212. The summed E-state index contributed by atoms with van der Waals surface area (Å²) >= 11 is 4.80. The smallest absolute Gasteiger partial charge is 0.272 e. The summed E-state index contributed by atoms with van der Waals surface area (Å²) in [6, 6.07) is 3.24. The molecule has 0 bridgehead atoms. The topological polar surface area (TPSA) is 79.5 Å². The van der Waals surface area contributed by atoms with Crippen LogP contribution in [0.25, 0.3) is 0 Å². The van der Waals surface area contributed by atoms with Crippen molar-refractivity contribution in [3.63, 3.8) is 0 Å². The van der Waals surface area contributed by atoms with Crippen LogP contribution in [0.4, 0.5) is 0 Å². The molecule has 0 aliphatic rings. The Kier molecular flexibility index (Phi) is 4.99. The third-order valence-electron chi connectivity index (χ3n) is 2.31. The molecule has 5 nitrogen and oxygen atoms in total. The Balaban J connectivity index is 2.85. The highest BCUT2D eigenvalue weighted by Crippen LogP contribution is 2.04. The number of aromatic nitrogens is 1. The van der Waals surface area contributed by atoms with Crippen molar-refractivity contribution in [3.05, 3.63) is 29.6 Å². The molecule has 1 aromatic heterocycles. The second-order valence-corrected chi connectivity index (χ2v) is 3.84. The number of nitrogens with two attached hydrogens (primary N) is 1. The quantitative estimate of drug-likeness (QED) is 0.731. The Bertz CT molecular complexity index is 406. The largest absolute Gasteiger partial charge is 0.395 e. The van der Waals surface area contributed by atoms with Crippen LogP contribution in [0.3, 0.4) is 0 Å². The van der Waals surface area contributed by atoms with Gasteiger partial charge >= 0.3 is 0 Å². The van der Waals surface area contributed by atoms with E-state index in [4.69, 9.17) is 23.1 Å². The number of aliphatic hydroxyl groups excluding tert-OH is 1. The molecule has 1 aromatic rings. The summed E-state index contributed by atoms with van der Waals surface area (Å²) in [7, 11) is 0. The minimum absolute atomic E-state index is 0.0649. The summed E-state index contributed by atoms with van der Waals surface area (Å²) in [5, 5.41) is 8.83. The number of hydrogen-bond donors (Lipinski definition) is 2. The maximum absolute atomic E-state index is 11.9. The number of hydrogen-bond acceptors (Lipinski definition) is 4. The van der Waals surface area contributed by atoms with E-state index in [1.165, 1.54) is 11.1 Å². The van der Waals surface area contributed by atoms with Crippen LogP contribution in [-0.4, -0.2) is 45.6 Å². The van der Waals surface area contributed by atoms with Crippen molar-refractivity contribution in [1.29, 1.82) is 0 Å². The maximum Gasteiger partial charge on any atom is 0.272 e. The Morgan fingerprint density at radius 2 is 2.29 bits per heavy atom. The van der Waals surface area contributed by atoms with Gasteiger partial charge in [-0.05, 0) is 19.1 Å². The van der Waals surface area contributed by atoms with Gasteiger partial charge in [-0.2, -0.15) is 0 Å². The monoisotopic (exact) mass is 253 g/mol. The summed E-state index contributed by atoms with van der Waals surface area (Å²) in [5.74, 6) is -0.212. The lowest BCUT2D eigenvalue weighted by atomic mass is 10.2. The van der Waals surface area contributed by atoms with Crippen LogP contribution in [0, 0.1) is 0 Å². The molecule has 0 atom stereocenters. The molecule has 92 valence electrons. The first-order valence-corrected chi connectivity index (χ1v) is 5.67. The van der Waals surface area contributed by atoms with Crippen LogP contribution in [0.15, 0.2) is 18.3 Å². The number of amides is 1. The Labute approximate surface area is 105 Å². The molecular formula is C11H15N3O2S. The lowest BCUT2D eigenvalue weighted by Crippen LogP contribution is -2.33. The summed E-state index contributed by atoms with van der Waals surface area (Å²) in [4.78, 5) is 17.7. The second kappa shape index (κ2) is 6.27. The summed E-state index contributed by atoms with van der Waals surface area (Å²) in [5.41, 5.74) is 6.38. The van der Waals surface area contributed by atoms with E-state index in [0.717, 1.165) is 0 Å². The van der Waals surface area contributed by atoms with Crippen molar-refractivity contribution in [3.8, 4) is 0 Å². The van der Waals surface area contributed by atoms with E-state index in [2.05, 4.69) is 4.98 Å². The van der Waals surface area contributed by atoms with Gasteiger partial charge in [-0.25, -0.2) is 0 Å². The summed E-state index contributed by atoms with van der Waals surface area (Å²) in [6.07, 6.45) is 1.47. The van der Waals surface area contributed by atoms with E-state index in [9.17, 15) is 4.79 Å². The van der Waals surface area contributed by atoms with E-state index in [0.29, 0.717) is 24.3 Å². The van der Waals surface area contributed by atoms with E-state index in [1.807, 2.05) is 6.92 Å². The van der Waals surface area contributed by atoms with Gasteiger partial charge in [0.25, 0.3) is 5.91 Å². The number of likely N-dealkylation sites (N-methyl/N-ethyl adjacent to an activating group) is 1. The first kappa shape index (κ1) is 13.5.